The monoisotopic (exact) mass is 169 g/mol. The predicted octanol–water partition coefficient (Wildman–Crippen LogP) is 1.55. The van der Waals surface area contributed by atoms with E-state index >= 15 is 0 Å². The van der Waals surface area contributed by atoms with Crippen LogP contribution >= 0.6 is 0 Å². The van der Waals surface area contributed by atoms with E-state index in [9.17, 15) is 4.79 Å². The standard InChI is InChI=1S/C10H19NO/c1-8(2)10-4-5-11(7-10)6-9(3)12/h8,10H,4-7H2,1-3H3. The number of ketones is 1. The van der Waals surface area contributed by atoms with Crippen LogP contribution in [0.5, 0.6) is 0 Å². The average molecular weight is 169 g/mol. The molecular weight excluding hydrogens is 150 g/mol. The highest BCUT2D eigenvalue weighted by molar-refractivity contribution is 5.77. The molecule has 12 heavy (non-hydrogen) atoms. The molecule has 1 saturated heterocycles. The van der Waals surface area contributed by atoms with Crippen molar-refractivity contribution in [1.82, 2.24) is 4.90 Å². The number of nitrogens with zero attached hydrogens (tertiary/aromatic N) is 1. The van der Waals surface area contributed by atoms with Gasteiger partial charge in [-0.15, -0.1) is 0 Å². The molecule has 0 bridgehead atoms. The van der Waals surface area contributed by atoms with Crippen LogP contribution in [0, 0.1) is 11.8 Å². The van der Waals surface area contributed by atoms with E-state index in [0.29, 0.717) is 12.3 Å². The van der Waals surface area contributed by atoms with Crippen molar-refractivity contribution in [2.75, 3.05) is 19.6 Å². The fourth-order valence-corrected chi connectivity index (χ4v) is 1.87. The van der Waals surface area contributed by atoms with Gasteiger partial charge in [-0.1, -0.05) is 13.8 Å². The van der Waals surface area contributed by atoms with Crippen molar-refractivity contribution in [1.29, 1.82) is 0 Å². The number of rotatable bonds is 3. The molecule has 0 spiro atoms. The first-order valence-electron chi connectivity index (χ1n) is 4.81. The Hall–Kier alpha value is -0.370. The summed E-state index contributed by atoms with van der Waals surface area (Å²) in [5, 5.41) is 0. The number of Topliss-reactive ketones (excluding diaryl/α,β-unsaturated/α-hetero) is 1. The smallest absolute Gasteiger partial charge is 0.143 e. The third-order valence-corrected chi connectivity index (χ3v) is 2.70. The van der Waals surface area contributed by atoms with E-state index in [4.69, 9.17) is 0 Å². The third-order valence-electron chi connectivity index (χ3n) is 2.70. The molecule has 0 aliphatic carbocycles. The summed E-state index contributed by atoms with van der Waals surface area (Å²) >= 11 is 0. The molecule has 0 aromatic carbocycles. The summed E-state index contributed by atoms with van der Waals surface area (Å²) in [6, 6.07) is 0. The number of hydrogen-bond donors (Lipinski definition) is 0. The number of carbonyl (C=O) groups excluding carboxylic acids is 1. The Kier molecular flexibility index (Phi) is 3.27. The van der Waals surface area contributed by atoms with Gasteiger partial charge in [-0.25, -0.2) is 0 Å². The van der Waals surface area contributed by atoms with Gasteiger partial charge in [-0.2, -0.15) is 0 Å². The molecule has 0 N–H and O–H groups in total. The van der Waals surface area contributed by atoms with Gasteiger partial charge in [0.1, 0.15) is 5.78 Å². The normalized spacial score (nSPS) is 25.2. The highest BCUT2D eigenvalue weighted by Crippen LogP contribution is 2.22. The average Bonchev–Trinajstić information content (AvgIpc) is 2.34. The zero-order chi connectivity index (χ0) is 9.14. The van der Waals surface area contributed by atoms with E-state index in [1.54, 1.807) is 6.92 Å². The summed E-state index contributed by atoms with van der Waals surface area (Å²) in [6.45, 7) is 9.09. The SMILES string of the molecule is CC(=O)CN1CCC(C(C)C)C1. The maximum Gasteiger partial charge on any atom is 0.143 e. The number of likely N-dealkylation sites (tertiary alicyclic amines) is 1. The summed E-state index contributed by atoms with van der Waals surface area (Å²) in [4.78, 5) is 13.1. The fourth-order valence-electron chi connectivity index (χ4n) is 1.87. The van der Waals surface area contributed by atoms with Crippen LogP contribution in [0.25, 0.3) is 0 Å². The van der Waals surface area contributed by atoms with Gasteiger partial charge in [0, 0.05) is 6.54 Å². The maximum atomic E-state index is 10.8. The Labute approximate surface area is 74.9 Å². The van der Waals surface area contributed by atoms with Gasteiger partial charge in [0.2, 0.25) is 0 Å². The van der Waals surface area contributed by atoms with Gasteiger partial charge in [-0.05, 0) is 31.7 Å². The van der Waals surface area contributed by atoms with Crippen LogP contribution in [-0.4, -0.2) is 30.3 Å². The Morgan fingerprint density at radius 2 is 2.25 bits per heavy atom. The molecule has 1 aliphatic heterocycles. The second-order valence-electron chi connectivity index (χ2n) is 4.23. The summed E-state index contributed by atoms with van der Waals surface area (Å²) in [5.74, 6) is 1.87. The van der Waals surface area contributed by atoms with E-state index in [-0.39, 0.29) is 0 Å². The third kappa shape index (κ3) is 2.59. The minimum atomic E-state index is 0.291. The zero-order valence-corrected chi connectivity index (χ0v) is 8.34. The first-order chi connectivity index (χ1) is 5.59. The van der Waals surface area contributed by atoms with E-state index in [1.165, 1.54) is 6.42 Å². The van der Waals surface area contributed by atoms with Crippen molar-refractivity contribution in [3.63, 3.8) is 0 Å². The first kappa shape index (κ1) is 9.72. The number of hydrogen-bond acceptors (Lipinski definition) is 2. The van der Waals surface area contributed by atoms with E-state index < -0.39 is 0 Å². The largest absolute Gasteiger partial charge is 0.299 e. The topological polar surface area (TPSA) is 20.3 Å². The van der Waals surface area contributed by atoms with Crippen molar-refractivity contribution in [3.8, 4) is 0 Å². The first-order valence-corrected chi connectivity index (χ1v) is 4.81. The molecule has 1 atom stereocenters. The van der Waals surface area contributed by atoms with Crippen molar-refractivity contribution < 1.29 is 4.79 Å². The Bertz CT molecular complexity index is 165. The van der Waals surface area contributed by atoms with Gasteiger partial charge in [0.25, 0.3) is 0 Å². The lowest BCUT2D eigenvalue weighted by Gasteiger charge is -2.16. The molecule has 0 saturated carbocycles. The maximum absolute atomic E-state index is 10.8. The van der Waals surface area contributed by atoms with E-state index in [0.717, 1.165) is 24.9 Å². The molecule has 1 unspecified atom stereocenters. The molecule has 1 heterocycles. The molecule has 1 fully saturated rings. The van der Waals surface area contributed by atoms with Crippen molar-refractivity contribution in [2.45, 2.75) is 27.2 Å². The minimum absolute atomic E-state index is 0.291. The summed E-state index contributed by atoms with van der Waals surface area (Å²) in [5.41, 5.74) is 0. The molecule has 70 valence electrons. The summed E-state index contributed by atoms with van der Waals surface area (Å²) in [7, 11) is 0. The van der Waals surface area contributed by atoms with E-state index in [1.807, 2.05) is 0 Å². The van der Waals surface area contributed by atoms with Crippen LogP contribution in [0.1, 0.15) is 27.2 Å². The molecule has 0 amide bonds. The Balaban J connectivity index is 2.30. The molecule has 0 aromatic rings. The highest BCUT2D eigenvalue weighted by Gasteiger charge is 2.24. The Morgan fingerprint density at radius 3 is 2.67 bits per heavy atom. The Morgan fingerprint density at radius 1 is 1.58 bits per heavy atom. The molecule has 1 aliphatic rings. The fraction of sp³-hybridized carbons (Fsp3) is 0.900. The van der Waals surface area contributed by atoms with Crippen molar-refractivity contribution in [2.24, 2.45) is 11.8 Å². The van der Waals surface area contributed by atoms with Crippen LogP contribution in [0.15, 0.2) is 0 Å². The highest BCUT2D eigenvalue weighted by atomic mass is 16.1. The summed E-state index contributed by atoms with van der Waals surface area (Å²) in [6.07, 6.45) is 1.27. The second-order valence-corrected chi connectivity index (χ2v) is 4.23. The van der Waals surface area contributed by atoms with Crippen molar-refractivity contribution in [3.05, 3.63) is 0 Å². The van der Waals surface area contributed by atoms with Gasteiger partial charge >= 0.3 is 0 Å². The van der Waals surface area contributed by atoms with Crippen LogP contribution < -0.4 is 0 Å². The molecule has 0 radical (unpaired) electrons. The lowest BCUT2D eigenvalue weighted by molar-refractivity contribution is -0.117. The van der Waals surface area contributed by atoms with Crippen molar-refractivity contribution >= 4 is 5.78 Å². The second kappa shape index (κ2) is 4.04. The minimum Gasteiger partial charge on any atom is -0.299 e. The van der Waals surface area contributed by atoms with Gasteiger partial charge in [0.15, 0.2) is 0 Å². The predicted molar refractivity (Wildman–Crippen MR) is 50.1 cm³/mol. The lowest BCUT2D eigenvalue weighted by atomic mass is 9.95. The van der Waals surface area contributed by atoms with Crippen LogP contribution in [0.3, 0.4) is 0 Å². The van der Waals surface area contributed by atoms with Gasteiger partial charge < -0.3 is 0 Å². The molecule has 2 heteroatoms. The van der Waals surface area contributed by atoms with E-state index in [2.05, 4.69) is 18.7 Å². The van der Waals surface area contributed by atoms with Crippen LogP contribution in [-0.2, 0) is 4.79 Å². The quantitative estimate of drug-likeness (QED) is 0.639. The molecular formula is C10H19NO. The van der Waals surface area contributed by atoms with Gasteiger partial charge in [-0.3, -0.25) is 9.69 Å². The molecule has 0 aromatic heterocycles. The number of carbonyl (C=O) groups is 1. The molecule has 2 nitrogen and oxygen atoms in total. The van der Waals surface area contributed by atoms with Crippen LogP contribution in [0.4, 0.5) is 0 Å². The molecule has 1 rings (SSSR count). The summed E-state index contributed by atoms with van der Waals surface area (Å²) < 4.78 is 0. The lowest BCUT2D eigenvalue weighted by Crippen LogP contribution is -2.27. The van der Waals surface area contributed by atoms with Gasteiger partial charge in [0.05, 0.1) is 6.54 Å². The zero-order valence-electron chi connectivity index (χ0n) is 8.34. The van der Waals surface area contributed by atoms with Crippen LogP contribution in [0.2, 0.25) is 0 Å².